The quantitative estimate of drug-likeness (QED) is 0.0696. The minimum absolute atomic E-state index is 0.00863. The number of hydroxylamine groups is 2. The van der Waals surface area contributed by atoms with Crippen LogP contribution in [0, 0.1) is 58.7 Å². The van der Waals surface area contributed by atoms with Crippen LogP contribution in [0.2, 0.25) is 0 Å². The van der Waals surface area contributed by atoms with E-state index in [1.807, 2.05) is 19.0 Å². The van der Waals surface area contributed by atoms with Crippen LogP contribution in [0.4, 0.5) is 17.6 Å². The number of primary amides is 1. The molecule has 7 aliphatic rings. The van der Waals surface area contributed by atoms with Crippen LogP contribution in [0.1, 0.15) is 85.5 Å². The maximum absolute atomic E-state index is 15.2. The van der Waals surface area contributed by atoms with Crippen molar-refractivity contribution in [1.29, 1.82) is 0 Å². The first-order chi connectivity index (χ1) is 29.2. The summed E-state index contributed by atoms with van der Waals surface area (Å²) >= 11 is 0. The van der Waals surface area contributed by atoms with E-state index in [0.717, 1.165) is 38.5 Å². The van der Waals surface area contributed by atoms with E-state index < -0.39 is 91.0 Å². The molecule has 62 heavy (non-hydrogen) atoms. The highest BCUT2D eigenvalue weighted by molar-refractivity contribution is 5.87. The molecule has 7 fully saturated rings. The number of nitrogens with zero attached hydrogens (tertiary/aromatic N) is 5. The molecule has 1 aliphatic heterocycles. The lowest BCUT2D eigenvalue weighted by Gasteiger charge is -2.62. The van der Waals surface area contributed by atoms with E-state index in [-0.39, 0.29) is 59.8 Å². The standard InChI is InChI=1S/C43H70F4N8O7/c1-19-28-14-24(43(28,3)4)15-29(19)50-42(60)38-32(20(2)57)31(18-56)62-55(38)17-21-9-8-10-26(39(21)61-7)22-11-23(13-25(12-22)54(5)6)41(59)51-30(40(48)58)16-27-33(44)35(46)37(52-53-49)36(47)34(27)45/h19-39,56-57H,8-18H2,1-7H3,(H2,48,58)(H,50,60)(H,51,59)/t19-,20-,21?,22?,23?,24+,25?,26?,27?,28-,29-,30-,31-,32+,33?,34?,35?,36?,37?,38?,39?/m0/s1. The zero-order valence-electron chi connectivity index (χ0n) is 37.2. The molecule has 0 aromatic heterocycles. The molecule has 11 unspecified atom stereocenters. The molecule has 19 heteroatoms. The molecule has 1 heterocycles. The number of amides is 3. The third-order valence-electron chi connectivity index (χ3n) is 16.6. The van der Waals surface area contributed by atoms with Gasteiger partial charge in [0.25, 0.3) is 0 Å². The van der Waals surface area contributed by atoms with E-state index in [2.05, 4.69) is 41.4 Å². The molecule has 0 aromatic carbocycles. The Hall–Kier alpha value is -2.80. The third kappa shape index (κ3) is 9.46. The summed E-state index contributed by atoms with van der Waals surface area (Å²) in [5, 5.41) is 31.8. The molecule has 0 spiro atoms. The third-order valence-corrected chi connectivity index (χ3v) is 16.6. The number of alkyl halides is 4. The summed E-state index contributed by atoms with van der Waals surface area (Å²) in [6.07, 6.45) is -7.44. The molecular weight excluding hydrogens is 817 g/mol. The SMILES string of the molecule is COC1C(CN2O[C@@H](CO)[C@@H]([C@H](C)O)C2C(=O)N[C@H]2C[C@H]3C[C@@H]([C@@H]2C)C3(C)C)CCCC1C1CC(C(=O)N[C@@H](CC2C(F)C(F)C(N=[N+]=[N-])C(F)C2F)C(N)=O)CC(N(C)C)C1. The van der Waals surface area contributed by atoms with Gasteiger partial charge < -0.3 is 36.2 Å². The van der Waals surface area contributed by atoms with Gasteiger partial charge in [0.15, 0.2) is 0 Å². The van der Waals surface area contributed by atoms with Crippen molar-refractivity contribution in [2.45, 2.75) is 159 Å². The van der Waals surface area contributed by atoms with Gasteiger partial charge in [-0.3, -0.25) is 19.2 Å². The second-order valence-electron chi connectivity index (χ2n) is 20.4. The number of carbonyl (C=O) groups excluding carboxylic acids is 3. The number of nitrogens with one attached hydrogen (secondary N) is 2. The van der Waals surface area contributed by atoms with Gasteiger partial charge in [0, 0.05) is 54.3 Å². The molecule has 0 radical (unpaired) electrons. The van der Waals surface area contributed by atoms with Crippen LogP contribution in [-0.2, 0) is 24.0 Å². The Balaban J connectivity index is 1.16. The summed E-state index contributed by atoms with van der Waals surface area (Å²) in [6, 6.07) is -4.76. The lowest BCUT2D eigenvalue weighted by Crippen LogP contribution is -2.62. The highest BCUT2D eigenvalue weighted by atomic mass is 19.2. The largest absolute Gasteiger partial charge is 0.394 e. The first kappa shape index (κ1) is 48.7. The van der Waals surface area contributed by atoms with Crippen molar-refractivity contribution in [3.8, 4) is 0 Å². The number of aliphatic hydroxyl groups is 2. The first-order valence-corrected chi connectivity index (χ1v) is 22.7. The fourth-order valence-corrected chi connectivity index (χ4v) is 12.9. The van der Waals surface area contributed by atoms with Gasteiger partial charge in [0.1, 0.15) is 48.9 Å². The van der Waals surface area contributed by atoms with Crippen molar-refractivity contribution < 1.29 is 51.7 Å². The predicted octanol–water partition coefficient (Wildman–Crippen LogP) is 3.95. The molecule has 3 amide bonds. The highest BCUT2D eigenvalue weighted by Crippen LogP contribution is 2.61. The smallest absolute Gasteiger partial charge is 0.240 e. The maximum atomic E-state index is 15.2. The number of fused-ring (bicyclic) bond motifs is 2. The summed E-state index contributed by atoms with van der Waals surface area (Å²) in [6.45, 7) is 8.35. The molecule has 2 bridgehead atoms. The Labute approximate surface area is 362 Å². The number of nitrogens with two attached hydrogens (primary N) is 1. The number of aliphatic hydroxyl groups excluding tert-OH is 2. The molecule has 15 nitrogen and oxygen atoms in total. The minimum Gasteiger partial charge on any atom is -0.394 e. The zero-order valence-corrected chi connectivity index (χ0v) is 37.2. The molecule has 6 N–H and O–H groups in total. The summed E-state index contributed by atoms with van der Waals surface area (Å²) < 4.78 is 66.3. The number of azide groups is 1. The van der Waals surface area contributed by atoms with Crippen molar-refractivity contribution in [2.24, 2.45) is 69.5 Å². The van der Waals surface area contributed by atoms with E-state index in [9.17, 15) is 33.4 Å². The molecule has 6 saturated carbocycles. The number of ether oxygens (including phenoxy) is 1. The van der Waals surface area contributed by atoms with E-state index in [4.69, 9.17) is 20.8 Å². The van der Waals surface area contributed by atoms with Gasteiger partial charge >= 0.3 is 0 Å². The number of halogens is 4. The summed E-state index contributed by atoms with van der Waals surface area (Å²) in [7, 11) is 5.46. The van der Waals surface area contributed by atoms with Gasteiger partial charge in [-0.05, 0) is 113 Å². The molecule has 19 atom stereocenters. The van der Waals surface area contributed by atoms with Crippen LogP contribution < -0.4 is 16.4 Å². The van der Waals surface area contributed by atoms with Gasteiger partial charge in [-0.25, -0.2) is 17.6 Å². The van der Waals surface area contributed by atoms with Crippen molar-refractivity contribution >= 4 is 17.7 Å². The maximum Gasteiger partial charge on any atom is 0.240 e. The molecule has 7 rings (SSSR count). The van der Waals surface area contributed by atoms with Crippen LogP contribution in [0.3, 0.4) is 0 Å². The fraction of sp³-hybridized carbons (Fsp3) is 0.930. The second-order valence-corrected chi connectivity index (χ2v) is 20.4. The first-order valence-electron chi connectivity index (χ1n) is 22.7. The monoisotopic (exact) mass is 887 g/mol. The average molecular weight is 887 g/mol. The number of rotatable bonds is 15. The topological polar surface area (TPSA) is 215 Å². The van der Waals surface area contributed by atoms with Crippen LogP contribution in [-0.4, -0.2) is 145 Å². The van der Waals surface area contributed by atoms with Crippen LogP contribution in [0.15, 0.2) is 5.11 Å². The van der Waals surface area contributed by atoms with Crippen LogP contribution >= 0.6 is 0 Å². The number of hydrogen-bond acceptors (Lipinski definition) is 10. The lowest BCUT2D eigenvalue weighted by molar-refractivity contribution is -0.193. The number of carbonyl (C=O) groups is 3. The summed E-state index contributed by atoms with van der Waals surface area (Å²) in [4.78, 5) is 51.6. The second kappa shape index (κ2) is 19.7. The van der Waals surface area contributed by atoms with Gasteiger partial charge in [-0.15, -0.1) is 0 Å². The minimum atomic E-state index is -2.66. The van der Waals surface area contributed by atoms with Gasteiger partial charge in [0.05, 0.1) is 18.8 Å². The lowest BCUT2D eigenvalue weighted by atomic mass is 9.45. The summed E-state index contributed by atoms with van der Waals surface area (Å²) in [5.74, 6) is -4.10. The van der Waals surface area contributed by atoms with E-state index in [1.165, 1.54) is 0 Å². The molecule has 352 valence electrons. The van der Waals surface area contributed by atoms with Gasteiger partial charge in [0.2, 0.25) is 17.7 Å². The molecule has 0 aromatic rings. The fourth-order valence-electron chi connectivity index (χ4n) is 12.9. The normalized spacial score (nSPS) is 44.1. The Kier molecular flexibility index (Phi) is 15.5. The van der Waals surface area contributed by atoms with E-state index in [0.29, 0.717) is 31.2 Å². The van der Waals surface area contributed by atoms with Gasteiger partial charge in [-0.1, -0.05) is 32.3 Å². The van der Waals surface area contributed by atoms with E-state index in [1.54, 1.807) is 19.1 Å². The van der Waals surface area contributed by atoms with Crippen molar-refractivity contribution in [2.75, 3.05) is 34.4 Å². The van der Waals surface area contributed by atoms with Gasteiger partial charge in [-0.2, -0.15) is 5.06 Å². The Morgan fingerprint density at radius 3 is 2.27 bits per heavy atom. The molecular formula is C43H70F4N8O7. The van der Waals surface area contributed by atoms with Crippen LogP contribution in [0.25, 0.3) is 10.4 Å². The summed E-state index contributed by atoms with van der Waals surface area (Å²) in [5.41, 5.74) is 14.5. The number of hydrogen-bond donors (Lipinski definition) is 5. The Bertz CT molecular complexity index is 1630. The predicted molar refractivity (Wildman–Crippen MR) is 220 cm³/mol. The Morgan fingerprint density at radius 1 is 1.05 bits per heavy atom. The van der Waals surface area contributed by atoms with Crippen LogP contribution in [0.5, 0.6) is 0 Å². The number of methoxy groups -OCH3 is 1. The van der Waals surface area contributed by atoms with Crippen molar-refractivity contribution in [3.05, 3.63) is 10.4 Å². The molecule has 1 saturated heterocycles. The highest BCUT2D eigenvalue weighted by Gasteiger charge is 2.58. The van der Waals surface area contributed by atoms with E-state index >= 15 is 8.78 Å². The van der Waals surface area contributed by atoms with Crippen molar-refractivity contribution in [1.82, 2.24) is 20.6 Å². The van der Waals surface area contributed by atoms with Crippen molar-refractivity contribution in [3.63, 3.8) is 0 Å². The molecule has 6 aliphatic carbocycles. The average Bonchev–Trinajstić information content (AvgIpc) is 3.61. The Morgan fingerprint density at radius 2 is 1.73 bits per heavy atom. The zero-order chi connectivity index (χ0) is 45.5.